The van der Waals surface area contributed by atoms with Gasteiger partial charge in [0, 0.05) is 44.6 Å². The van der Waals surface area contributed by atoms with Crippen LogP contribution in [-0.2, 0) is 9.53 Å². The van der Waals surface area contributed by atoms with E-state index in [2.05, 4.69) is 24.3 Å². The molecule has 2 aromatic rings. The van der Waals surface area contributed by atoms with Crippen LogP contribution in [0, 0.1) is 0 Å². The molecule has 2 aromatic carbocycles. The van der Waals surface area contributed by atoms with Crippen molar-refractivity contribution in [1.29, 1.82) is 0 Å². The van der Waals surface area contributed by atoms with E-state index in [1.54, 1.807) is 4.90 Å². The van der Waals surface area contributed by atoms with E-state index in [0.717, 1.165) is 0 Å². The summed E-state index contributed by atoms with van der Waals surface area (Å²) in [6.07, 6.45) is -0.285. The Bertz CT molecular complexity index is 835. The van der Waals surface area contributed by atoms with Crippen molar-refractivity contribution in [1.82, 2.24) is 9.80 Å². The topological polar surface area (TPSA) is 72.9 Å². The number of hydrogen-bond acceptors (Lipinski definition) is 5. The number of carboxylic acids is 1. The molecule has 4 rings (SSSR count). The minimum absolute atomic E-state index is 0. The number of aliphatic carboxylic acids is 1. The van der Waals surface area contributed by atoms with E-state index in [1.165, 1.54) is 22.3 Å². The van der Waals surface area contributed by atoms with E-state index in [9.17, 15) is 14.7 Å². The minimum Gasteiger partial charge on any atom is -0.550 e. The maximum Gasteiger partial charge on any atom is 1.00 e. The second kappa shape index (κ2) is 9.76. The van der Waals surface area contributed by atoms with Crippen LogP contribution in [0.4, 0.5) is 4.79 Å². The number of ether oxygens (including phenoxy) is 1. The molecule has 0 bridgehead atoms. The van der Waals surface area contributed by atoms with Crippen molar-refractivity contribution in [3.05, 3.63) is 59.7 Å². The first kappa shape index (κ1) is 21.8. The molecule has 1 aliphatic heterocycles. The van der Waals surface area contributed by atoms with Crippen LogP contribution in [0.5, 0.6) is 0 Å². The second-order valence-electron chi connectivity index (χ2n) is 7.25. The number of carbonyl (C=O) groups excluding carboxylic acids is 2. The Morgan fingerprint density at radius 1 is 0.931 bits per heavy atom. The average molecular weight is 402 g/mol. The monoisotopic (exact) mass is 402 g/mol. The molecule has 1 heterocycles. The second-order valence-corrected chi connectivity index (χ2v) is 7.25. The largest absolute Gasteiger partial charge is 1.00 e. The summed E-state index contributed by atoms with van der Waals surface area (Å²) in [4.78, 5) is 26.8. The Hall–Kier alpha value is -1.86. The predicted octanol–water partition coefficient (Wildman–Crippen LogP) is -1.30. The summed E-state index contributed by atoms with van der Waals surface area (Å²) in [6.45, 7) is 3.17. The van der Waals surface area contributed by atoms with Crippen molar-refractivity contribution < 1.29 is 49.0 Å². The first-order valence-electron chi connectivity index (χ1n) is 9.65. The third-order valence-electron chi connectivity index (χ3n) is 5.60. The van der Waals surface area contributed by atoms with Crippen LogP contribution in [0.3, 0.4) is 0 Å². The first-order chi connectivity index (χ1) is 13.6. The van der Waals surface area contributed by atoms with Gasteiger partial charge in [-0.05, 0) is 28.7 Å². The molecule has 1 saturated heterocycles. The Balaban J connectivity index is 0.00000240. The van der Waals surface area contributed by atoms with E-state index in [0.29, 0.717) is 39.3 Å². The number of fused-ring (bicyclic) bond motifs is 3. The number of amides is 1. The Morgan fingerprint density at radius 2 is 1.48 bits per heavy atom. The van der Waals surface area contributed by atoms with Gasteiger partial charge in [0.1, 0.15) is 6.61 Å². The van der Waals surface area contributed by atoms with Gasteiger partial charge < -0.3 is 19.5 Å². The van der Waals surface area contributed by atoms with E-state index >= 15 is 0 Å². The van der Waals surface area contributed by atoms with Crippen molar-refractivity contribution in [2.24, 2.45) is 0 Å². The van der Waals surface area contributed by atoms with Crippen LogP contribution in [0.2, 0.25) is 0 Å². The third kappa shape index (κ3) is 4.83. The zero-order valence-corrected chi connectivity index (χ0v) is 18.7. The van der Waals surface area contributed by atoms with E-state index in [4.69, 9.17) is 4.74 Å². The zero-order valence-electron chi connectivity index (χ0n) is 16.7. The number of piperazine rings is 1. The number of carboxylic acid groups (broad SMARTS) is 1. The summed E-state index contributed by atoms with van der Waals surface area (Å²) < 4.78 is 5.68. The summed E-state index contributed by atoms with van der Waals surface area (Å²) in [6, 6.07) is 16.5. The van der Waals surface area contributed by atoms with E-state index in [1.807, 2.05) is 29.2 Å². The number of hydrogen-bond donors (Lipinski definition) is 0. The molecule has 7 heteroatoms. The number of nitrogens with zero attached hydrogens (tertiary/aromatic N) is 2. The van der Waals surface area contributed by atoms with Gasteiger partial charge in [0.25, 0.3) is 0 Å². The van der Waals surface area contributed by atoms with Crippen molar-refractivity contribution in [2.45, 2.75) is 12.3 Å². The molecule has 0 N–H and O–H groups in total. The van der Waals surface area contributed by atoms with Crippen LogP contribution in [0.15, 0.2) is 48.5 Å². The number of carbonyl (C=O) groups is 2. The van der Waals surface area contributed by atoms with Crippen LogP contribution < -0.4 is 34.7 Å². The van der Waals surface area contributed by atoms with Gasteiger partial charge in [0.2, 0.25) is 0 Å². The van der Waals surface area contributed by atoms with Gasteiger partial charge >= 0.3 is 35.7 Å². The normalized spacial score (nSPS) is 15.9. The summed E-state index contributed by atoms with van der Waals surface area (Å²) in [5.41, 5.74) is 4.81. The van der Waals surface area contributed by atoms with Crippen molar-refractivity contribution >= 4 is 12.1 Å². The molecule has 0 unspecified atom stereocenters. The smallest absolute Gasteiger partial charge is 0.550 e. The summed E-state index contributed by atoms with van der Waals surface area (Å²) >= 11 is 0. The summed E-state index contributed by atoms with van der Waals surface area (Å²) in [7, 11) is 0. The van der Waals surface area contributed by atoms with Crippen LogP contribution in [0.25, 0.3) is 11.1 Å². The van der Waals surface area contributed by atoms with Crippen LogP contribution in [0.1, 0.15) is 23.5 Å². The summed E-state index contributed by atoms with van der Waals surface area (Å²) in [5.74, 6) is -0.986. The Morgan fingerprint density at radius 3 is 2.03 bits per heavy atom. The molecule has 1 aliphatic carbocycles. The molecule has 29 heavy (non-hydrogen) atoms. The maximum absolute atomic E-state index is 12.5. The fraction of sp³-hybridized carbons (Fsp3) is 0.364. The zero-order chi connectivity index (χ0) is 19.5. The fourth-order valence-electron chi connectivity index (χ4n) is 4.09. The molecular formula is C22H23N2NaO4. The van der Waals surface area contributed by atoms with Gasteiger partial charge in [-0.15, -0.1) is 0 Å². The third-order valence-corrected chi connectivity index (χ3v) is 5.60. The molecule has 1 amide bonds. The SMILES string of the molecule is O=C([O-])CCN1CCN(C(=O)OCC2c3ccccc3-c3ccccc32)CC1.[Na+]. The van der Waals surface area contributed by atoms with Crippen LogP contribution >= 0.6 is 0 Å². The molecule has 1 fully saturated rings. The van der Waals surface area contributed by atoms with Crippen molar-refractivity contribution in [2.75, 3.05) is 39.3 Å². The molecule has 0 spiro atoms. The van der Waals surface area contributed by atoms with Crippen LogP contribution in [-0.4, -0.2) is 61.2 Å². The molecule has 0 saturated carbocycles. The van der Waals surface area contributed by atoms with E-state index < -0.39 is 5.97 Å². The summed E-state index contributed by atoms with van der Waals surface area (Å²) in [5, 5.41) is 10.6. The molecule has 0 atom stereocenters. The minimum atomic E-state index is -1.04. The molecule has 146 valence electrons. The maximum atomic E-state index is 12.5. The van der Waals surface area contributed by atoms with E-state index in [-0.39, 0.29) is 48.0 Å². The molecule has 6 nitrogen and oxygen atoms in total. The predicted molar refractivity (Wildman–Crippen MR) is 103 cm³/mol. The number of benzene rings is 2. The van der Waals surface area contributed by atoms with Gasteiger partial charge in [-0.25, -0.2) is 4.79 Å². The fourth-order valence-corrected chi connectivity index (χ4v) is 4.09. The quantitative estimate of drug-likeness (QED) is 0.582. The van der Waals surface area contributed by atoms with Gasteiger partial charge in [0.05, 0.1) is 0 Å². The molecular weight excluding hydrogens is 379 g/mol. The Kier molecular flexibility index (Phi) is 7.35. The Labute approximate surface area is 192 Å². The van der Waals surface area contributed by atoms with Gasteiger partial charge in [-0.1, -0.05) is 48.5 Å². The number of rotatable bonds is 5. The molecule has 0 aromatic heterocycles. The van der Waals surface area contributed by atoms with Gasteiger partial charge in [-0.2, -0.15) is 0 Å². The standard InChI is InChI=1S/C22H24N2O4.Na/c25-21(26)9-10-23-11-13-24(14-12-23)22(27)28-15-20-18-7-3-1-5-16(18)17-6-2-4-8-19(17)20;/h1-8,20H,9-15H2,(H,25,26);/q;+1/p-1. The molecule has 2 aliphatic rings. The van der Waals surface area contributed by atoms with Gasteiger partial charge in [-0.3, -0.25) is 4.90 Å². The first-order valence-corrected chi connectivity index (χ1v) is 9.65. The van der Waals surface area contributed by atoms with Gasteiger partial charge in [0.15, 0.2) is 0 Å². The average Bonchev–Trinajstić information content (AvgIpc) is 3.05. The van der Waals surface area contributed by atoms with Crippen molar-refractivity contribution in [3.63, 3.8) is 0 Å². The van der Waals surface area contributed by atoms with Crippen molar-refractivity contribution in [3.8, 4) is 11.1 Å². The molecule has 0 radical (unpaired) electrons.